The van der Waals surface area contributed by atoms with Crippen molar-refractivity contribution in [1.82, 2.24) is 0 Å². The van der Waals surface area contributed by atoms with Crippen molar-refractivity contribution in [3.63, 3.8) is 0 Å². The minimum Gasteiger partial charge on any atom is -0.469 e. The molecule has 84 valence electrons. The van der Waals surface area contributed by atoms with Crippen LogP contribution in [0.4, 0.5) is 4.39 Å². The third-order valence-electron chi connectivity index (χ3n) is 2.32. The van der Waals surface area contributed by atoms with Crippen molar-refractivity contribution >= 4 is 15.9 Å². The molecule has 0 fully saturated rings. The molecule has 0 aliphatic rings. The Hall–Kier alpha value is -1.13. The van der Waals surface area contributed by atoms with E-state index in [1.807, 2.05) is 0 Å². The summed E-state index contributed by atoms with van der Waals surface area (Å²) in [5.41, 5.74) is 0.782. The van der Waals surface area contributed by atoms with Crippen molar-refractivity contribution in [2.24, 2.45) is 0 Å². The second kappa shape index (κ2) is 4.39. The monoisotopic (exact) mass is 284 g/mol. The van der Waals surface area contributed by atoms with Crippen molar-refractivity contribution in [2.75, 3.05) is 0 Å². The second-order valence-electron chi connectivity index (χ2n) is 3.56. The van der Waals surface area contributed by atoms with Gasteiger partial charge in [-0.1, -0.05) is 15.9 Å². The molecule has 1 aromatic heterocycles. The van der Waals surface area contributed by atoms with E-state index in [0.29, 0.717) is 11.3 Å². The molecule has 0 aliphatic heterocycles. The zero-order chi connectivity index (χ0) is 11.7. The number of benzene rings is 1. The number of aliphatic hydroxyl groups excluding tert-OH is 1. The average Bonchev–Trinajstić information content (AvgIpc) is 2.67. The van der Waals surface area contributed by atoms with Gasteiger partial charge in [0, 0.05) is 15.6 Å². The zero-order valence-corrected chi connectivity index (χ0v) is 10.2. The first-order valence-electron chi connectivity index (χ1n) is 4.76. The van der Waals surface area contributed by atoms with Gasteiger partial charge in [-0.05, 0) is 31.2 Å². The van der Waals surface area contributed by atoms with Crippen molar-refractivity contribution in [3.8, 4) is 0 Å². The number of hydrogen-bond acceptors (Lipinski definition) is 2. The smallest absolute Gasteiger partial charge is 0.129 e. The fourth-order valence-corrected chi connectivity index (χ4v) is 1.89. The maximum absolute atomic E-state index is 13.5. The van der Waals surface area contributed by atoms with E-state index in [2.05, 4.69) is 15.9 Å². The zero-order valence-electron chi connectivity index (χ0n) is 8.58. The van der Waals surface area contributed by atoms with Gasteiger partial charge in [0.15, 0.2) is 0 Å². The lowest BCUT2D eigenvalue weighted by Gasteiger charge is -2.10. The van der Waals surface area contributed by atoms with Crippen LogP contribution in [0.25, 0.3) is 0 Å². The molecule has 2 rings (SSSR count). The van der Waals surface area contributed by atoms with Crippen LogP contribution >= 0.6 is 15.9 Å². The summed E-state index contributed by atoms with van der Waals surface area (Å²) in [6, 6.07) is 6.15. The quantitative estimate of drug-likeness (QED) is 0.915. The minimum atomic E-state index is -1.00. The van der Waals surface area contributed by atoms with E-state index in [1.165, 1.54) is 12.3 Å². The molecule has 2 aromatic rings. The predicted molar refractivity (Wildman–Crippen MR) is 61.6 cm³/mol. The van der Waals surface area contributed by atoms with Gasteiger partial charge in [0.25, 0.3) is 0 Å². The molecule has 2 nitrogen and oxygen atoms in total. The van der Waals surface area contributed by atoms with Gasteiger partial charge < -0.3 is 9.52 Å². The molecule has 1 unspecified atom stereocenters. The highest BCUT2D eigenvalue weighted by Crippen LogP contribution is 2.27. The van der Waals surface area contributed by atoms with Gasteiger partial charge in [-0.15, -0.1) is 0 Å². The molecule has 0 radical (unpaired) electrons. The fourth-order valence-electron chi connectivity index (χ4n) is 1.51. The molecule has 0 spiro atoms. The molecule has 4 heteroatoms. The number of aliphatic hydroxyl groups is 1. The lowest BCUT2D eigenvalue weighted by molar-refractivity contribution is 0.214. The Morgan fingerprint density at radius 1 is 1.38 bits per heavy atom. The highest BCUT2D eigenvalue weighted by molar-refractivity contribution is 9.10. The Morgan fingerprint density at radius 2 is 2.12 bits per heavy atom. The molecule has 1 N–H and O–H groups in total. The van der Waals surface area contributed by atoms with Crippen LogP contribution < -0.4 is 0 Å². The predicted octanol–water partition coefficient (Wildman–Crippen LogP) is 3.57. The van der Waals surface area contributed by atoms with Crippen LogP contribution in [0.1, 0.15) is 23.0 Å². The van der Waals surface area contributed by atoms with Crippen LogP contribution in [-0.4, -0.2) is 5.11 Å². The van der Waals surface area contributed by atoms with Crippen LogP contribution in [-0.2, 0) is 0 Å². The Labute approximate surface area is 101 Å². The summed E-state index contributed by atoms with van der Waals surface area (Å²) in [5.74, 6) is 0.249. The average molecular weight is 285 g/mol. The number of hydrogen-bond donors (Lipinski definition) is 1. The summed E-state index contributed by atoms with van der Waals surface area (Å²) >= 11 is 3.24. The van der Waals surface area contributed by atoms with Gasteiger partial charge in [-0.2, -0.15) is 0 Å². The van der Waals surface area contributed by atoms with E-state index in [1.54, 1.807) is 25.1 Å². The SMILES string of the molecule is Cc1cc(C(O)c2cc(Br)ccc2F)co1. The Balaban J connectivity index is 2.40. The van der Waals surface area contributed by atoms with E-state index in [9.17, 15) is 9.50 Å². The van der Waals surface area contributed by atoms with Crippen LogP contribution in [0.5, 0.6) is 0 Å². The summed E-state index contributed by atoms with van der Waals surface area (Å²) in [5, 5.41) is 9.99. The molecule has 1 aromatic carbocycles. The van der Waals surface area contributed by atoms with Crippen LogP contribution in [0.2, 0.25) is 0 Å². The van der Waals surface area contributed by atoms with E-state index in [-0.39, 0.29) is 5.56 Å². The summed E-state index contributed by atoms with van der Waals surface area (Å²) in [6.07, 6.45) is 0.426. The lowest BCUT2D eigenvalue weighted by Crippen LogP contribution is -2.01. The first kappa shape index (κ1) is 11.4. The summed E-state index contributed by atoms with van der Waals surface area (Å²) in [7, 11) is 0. The largest absolute Gasteiger partial charge is 0.469 e. The topological polar surface area (TPSA) is 33.4 Å². The second-order valence-corrected chi connectivity index (χ2v) is 4.47. The Kier molecular flexibility index (Phi) is 3.12. The third-order valence-corrected chi connectivity index (χ3v) is 2.81. The molecule has 0 amide bonds. The number of halogens is 2. The van der Waals surface area contributed by atoms with E-state index >= 15 is 0 Å². The van der Waals surface area contributed by atoms with Crippen LogP contribution in [0, 0.1) is 12.7 Å². The molecule has 0 saturated carbocycles. The van der Waals surface area contributed by atoms with E-state index in [0.717, 1.165) is 4.47 Å². The summed E-state index contributed by atoms with van der Waals surface area (Å²) in [6.45, 7) is 1.77. The minimum absolute atomic E-state index is 0.232. The molecule has 0 bridgehead atoms. The number of furan rings is 1. The van der Waals surface area contributed by atoms with E-state index < -0.39 is 11.9 Å². The van der Waals surface area contributed by atoms with Gasteiger partial charge >= 0.3 is 0 Å². The molecule has 1 heterocycles. The van der Waals surface area contributed by atoms with Crippen LogP contribution in [0.3, 0.4) is 0 Å². The fraction of sp³-hybridized carbons (Fsp3) is 0.167. The lowest BCUT2D eigenvalue weighted by atomic mass is 10.0. The number of rotatable bonds is 2. The molecule has 1 atom stereocenters. The molecular weight excluding hydrogens is 275 g/mol. The van der Waals surface area contributed by atoms with Crippen molar-refractivity contribution in [3.05, 3.63) is 57.7 Å². The standard InChI is InChI=1S/C12H10BrFO2/c1-7-4-8(6-16-7)12(15)10-5-9(13)2-3-11(10)14/h2-6,12,15H,1H3. The van der Waals surface area contributed by atoms with Gasteiger partial charge in [0.2, 0.25) is 0 Å². The maximum atomic E-state index is 13.5. The first-order chi connectivity index (χ1) is 7.58. The highest BCUT2D eigenvalue weighted by atomic mass is 79.9. The Morgan fingerprint density at radius 3 is 2.75 bits per heavy atom. The van der Waals surface area contributed by atoms with Gasteiger partial charge in [0.1, 0.15) is 17.7 Å². The van der Waals surface area contributed by atoms with Crippen molar-refractivity contribution in [1.29, 1.82) is 0 Å². The molecule has 0 aliphatic carbocycles. The van der Waals surface area contributed by atoms with E-state index in [4.69, 9.17) is 4.42 Å². The summed E-state index contributed by atoms with van der Waals surface area (Å²) < 4.78 is 19.3. The normalized spacial score (nSPS) is 12.8. The number of aryl methyl sites for hydroxylation is 1. The van der Waals surface area contributed by atoms with Gasteiger partial charge in [-0.25, -0.2) is 4.39 Å². The molecule has 0 saturated heterocycles. The third kappa shape index (κ3) is 2.18. The molecular formula is C12H10BrFO2. The maximum Gasteiger partial charge on any atom is 0.129 e. The Bertz CT molecular complexity index is 507. The highest BCUT2D eigenvalue weighted by Gasteiger charge is 2.17. The van der Waals surface area contributed by atoms with Crippen LogP contribution in [0.15, 0.2) is 39.4 Å². The van der Waals surface area contributed by atoms with Crippen molar-refractivity contribution < 1.29 is 13.9 Å². The van der Waals surface area contributed by atoms with Crippen molar-refractivity contribution in [2.45, 2.75) is 13.0 Å². The van der Waals surface area contributed by atoms with Gasteiger partial charge in [0.05, 0.1) is 6.26 Å². The summed E-state index contributed by atoms with van der Waals surface area (Å²) in [4.78, 5) is 0. The molecule has 16 heavy (non-hydrogen) atoms. The van der Waals surface area contributed by atoms with Gasteiger partial charge in [-0.3, -0.25) is 0 Å². The first-order valence-corrected chi connectivity index (χ1v) is 5.55.